The van der Waals surface area contributed by atoms with E-state index < -0.39 is 30.1 Å². The zero-order chi connectivity index (χ0) is 24.5. The van der Waals surface area contributed by atoms with E-state index in [0.717, 1.165) is 22.3 Å². The highest BCUT2D eigenvalue weighted by molar-refractivity contribution is 5.84. The van der Waals surface area contributed by atoms with Crippen LogP contribution in [0.1, 0.15) is 50.2 Å². The Hall–Kier alpha value is -3.39. The van der Waals surface area contributed by atoms with Crippen molar-refractivity contribution in [3.05, 3.63) is 59.7 Å². The van der Waals surface area contributed by atoms with E-state index in [9.17, 15) is 19.5 Å². The van der Waals surface area contributed by atoms with Crippen molar-refractivity contribution in [2.75, 3.05) is 19.8 Å². The fraction of sp³-hybridized carbons (Fsp3) is 0.423. The topological polar surface area (TPSA) is 114 Å². The SMILES string of the molecule is CCC[C@@H](NC(=O)CC(CNC(=O)OCC1c2ccccc2-c2ccccc21)OCC)C(=O)O. The number of amides is 2. The normalized spacial score (nSPS) is 13.9. The second-order valence-corrected chi connectivity index (χ2v) is 8.23. The third-order valence-electron chi connectivity index (χ3n) is 5.84. The molecule has 0 saturated heterocycles. The molecule has 8 nitrogen and oxygen atoms in total. The third kappa shape index (κ3) is 6.35. The van der Waals surface area contributed by atoms with E-state index in [1.165, 1.54) is 0 Å². The van der Waals surface area contributed by atoms with Crippen molar-refractivity contribution >= 4 is 18.0 Å². The van der Waals surface area contributed by atoms with Gasteiger partial charge in [-0.2, -0.15) is 0 Å². The number of ether oxygens (including phenoxy) is 2. The molecule has 0 aliphatic heterocycles. The van der Waals surface area contributed by atoms with Gasteiger partial charge in [0.1, 0.15) is 12.6 Å². The maximum absolute atomic E-state index is 12.4. The van der Waals surface area contributed by atoms with Crippen LogP contribution in [0.25, 0.3) is 11.1 Å². The molecule has 3 rings (SSSR count). The Kier molecular flexibility index (Phi) is 9.04. The summed E-state index contributed by atoms with van der Waals surface area (Å²) in [7, 11) is 0. The summed E-state index contributed by atoms with van der Waals surface area (Å²) in [5.41, 5.74) is 4.55. The molecule has 1 aliphatic rings. The minimum Gasteiger partial charge on any atom is -0.480 e. The summed E-state index contributed by atoms with van der Waals surface area (Å²) in [6.45, 7) is 4.25. The zero-order valence-electron chi connectivity index (χ0n) is 19.6. The van der Waals surface area contributed by atoms with E-state index in [2.05, 4.69) is 22.8 Å². The van der Waals surface area contributed by atoms with Gasteiger partial charge in [0.15, 0.2) is 0 Å². The summed E-state index contributed by atoms with van der Waals surface area (Å²) >= 11 is 0. The number of hydrogen-bond donors (Lipinski definition) is 3. The minimum atomic E-state index is -1.07. The smallest absolute Gasteiger partial charge is 0.407 e. The van der Waals surface area contributed by atoms with Crippen LogP contribution < -0.4 is 10.6 Å². The number of carbonyl (C=O) groups is 3. The van der Waals surface area contributed by atoms with Crippen molar-refractivity contribution in [1.29, 1.82) is 0 Å². The lowest BCUT2D eigenvalue weighted by molar-refractivity contribution is -0.142. The number of rotatable bonds is 12. The van der Waals surface area contributed by atoms with Gasteiger partial charge in [0.25, 0.3) is 0 Å². The van der Waals surface area contributed by atoms with Gasteiger partial charge in [0.05, 0.1) is 12.5 Å². The quantitative estimate of drug-likeness (QED) is 0.438. The first kappa shape index (κ1) is 25.2. The largest absolute Gasteiger partial charge is 0.480 e. The predicted octanol–water partition coefficient (Wildman–Crippen LogP) is 3.69. The summed E-state index contributed by atoms with van der Waals surface area (Å²) in [6.07, 6.45) is -0.276. The average Bonchev–Trinajstić information content (AvgIpc) is 3.14. The van der Waals surface area contributed by atoms with Gasteiger partial charge in [0.2, 0.25) is 5.91 Å². The highest BCUT2D eigenvalue weighted by atomic mass is 16.5. The van der Waals surface area contributed by atoms with Crippen LogP contribution in [0.4, 0.5) is 4.79 Å². The van der Waals surface area contributed by atoms with E-state index in [4.69, 9.17) is 9.47 Å². The molecule has 0 bridgehead atoms. The van der Waals surface area contributed by atoms with Gasteiger partial charge in [-0.15, -0.1) is 0 Å². The Bertz CT molecular complexity index is 963. The molecule has 0 aromatic heterocycles. The second kappa shape index (κ2) is 12.2. The van der Waals surface area contributed by atoms with E-state index in [0.29, 0.717) is 19.4 Å². The van der Waals surface area contributed by atoms with Crippen LogP contribution >= 0.6 is 0 Å². The Morgan fingerprint density at radius 2 is 1.62 bits per heavy atom. The third-order valence-corrected chi connectivity index (χ3v) is 5.84. The molecule has 2 aromatic carbocycles. The first-order valence-electron chi connectivity index (χ1n) is 11.7. The van der Waals surface area contributed by atoms with Gasteiger partial charge < -0.3 is 25.2 Å². The molecule has 2 aromatic rings. The first-order valence-corrected chi connectivity index (χ1v) is 11.7. The van der Waals surface area contributed by atoms with Gasteiger partial charge in [-0.1, -0.05) is 61.9 Å². The number of aliphatic carboxylic acids is 1. The van der Waals surface area contributed by atoms with Crippen LogP contribution in [-0.4, -0.2) is 55.0 Å². The Morgan fingerprint density at radius 1 is 1.00 bits per heavy atom. The summed E-state index contributed by atoms with van der Waals surface area (Å²) in [5.74, 6) is -1.55. The zero-order valence-corrected chi connectivity index (χ0v) is 19.6. The summed E-state index contributed by atoms with van der Waals surface area (Å²) in [4.78, 5) is 36.0. The number of hydrogen-bond acceptors (Lipinski definition) is 5. The summed E-state index contributed by atoms with van der Waals surface area (Å²) in [6, 6.07) is 15.3. The molecule has 0 radical (unpaired) electrons. The van der Waals surface area contributed by atoms with Crippen LogP contribution in [0.3, 0.4) is 0 Å². The van der Waals surface area contributed by atoms with Crippen LogP contribution in [0.2, 0.25) is 0 Å². The van der Waals surface area contributed by atoms with Gasteiger partial charge >= 0.3 is 12.1 Å². The standard InChI is InChI=1S/C26H32N2O6/c1-3-9-23(25(30)31)28-24(29)14-17(33-4-2)15-27-26(32)34-16-22-20-12-7-5-10-18(20)19-11-6-8-13-21(19)22/h5-8,10-13,17,22-23H,3-4,9,14-16H2,1-2H3,(H,27,32)(H,28,29)(H,30,31)/t17?,23-/m1/s1. The van der Waals surface area contributed by atoms with Gasteiger partial charge in [-0.25, -0.2) is 9.59 Å². The molecule has 2 atom stereocenters. The summed E-state index contributed by atoms with van der Waals surface area (Å²) < 4.78 is 11.1. The number of nitrogens with one attached hydrogen (secondary N) is 2. The van der Waals surface area contributed by atoms with Crippen molar-refractivity contribution in [3.8, 4) is 11.1 Å². The lowest BCUT2D eigenvalue weighted by atomic mass is 9.98. The molecule has 3 N–H and O–H groups in total. The minimum absolute atomic E-state index is 0.0434. The summed E-state index contributed by atoms with van der Waals surface area (Å²) in [5, 5.41) is 14.4. The first-order chi connectivity index (χ1) is 16.4. The number of alkyl carbamates (subject to hydrolysis) is 1. The molecular formula is C26H32N2O6. The molecule has 0 heterocycles. The van der Waals surface area contributed by atoms with Crippen LogP contribution in [-0.2, 0) is 19.1 Å². The van der Waals surface area contributed by atoms with Crippen molar-refractivity contribution in [2.45, 2.75) is 51.2 Å². The predicted molar refractivity (Wildman–Crippen MR) is 128 cm³/mol. The van der Waals surface area contributed by atoms with Gasteiger partial charge in [-0.05, 0) is 35.6 Å². The number of carboxylic acids is 1. The van der Waals surface area contributed by atoms with Crippen LogP contribution in [0, 0.1) is 0 Å². The maximum atomic E-state index is 12.4. The molecule has 34 heavy (non-hydrogen) atoms. The molecule has 8 heteroatoms. The fourth-order valence-electron chi connectivity index (χ4n) is 4.28. The number of carboxylic acid groups (broad SMARTS) is 1. The highest BCUT2D eigenvalue weighted by Crippen LogP contribution is 2.44. The number of fused-ring (bicyclic) bond motifs is 3. The molecular weight excluding hydrogens is 436 g/mol. The fourth-order valence-corrected chi connectivity index (χ4v) is 4.28. The van der Waals surface area contributed by atoms with Gasteiger partial charge in [0, 0.05) is 19.1 Å². The van der Waals surface area contributed by atoms with Gasteiger partial charge in [-0.3, -0.25) is 4.79 Å². The Balaban J connectivity index is 1.52. The molecule has 182 valence electrons. The molecule has 0 saturated carbocycles. The van der Waals surface area contributed by atoms with E-state index in [-0.39, 0.29) is 25.5 Å². The van der Waals surface area contributed by atoms with E-state index in [1.807, 2.05) is 43.3 Å². The maximum Gasteiger partial charge on any atom is 0.407 e. The highest BCUT2D eigenvalue weighted by Gasteiger charge is 2.29. The van der Waals surface area contributed by atoms with Crippen LogP contribution in [0.5, 0.6) is 0 Å². The average molecular weight is 469 g/mol. The lowest BCUT2D eigenvalue weighted by Gasteiger charge is -2.20. The van der Waals surface area contributed by atoms with Crippen LogP contribution in [0.15, 0.2) is 48.5 Å². The monoisotopic (exact) mass is 468 g/mol. The number of carbonyl (C=O) groups excluding carboxylic acids is 2. The van der Waals surface area contributed by atoms with Crippen molar-refractivity contribution in [2.24, 2.45) is 0 Å². The van der Waals surface area contributed by atoms with E-state index in [1.54, 1.807) is 6.92 Å². The molecule has 0 spiro atoms. The molecule has 1 unspecified atom stereocenters. The van der Waals surface area contributed by atoms with Crippen molar-refractivity contribution in [3.63, 3.8) is 0 Å². The number of benzene rings is 2. The van der Waals surface area contributed by atoms with Crippen molar-refractivity contribution in [1.82, 2.24) is 10.6 Å². The van der Waals surface area contributed by atoms with Crippen molar-refractivity contribution < 1.29 is 29.0 Å². The Labute approximate surface area is 199 Å². The second-order valence-electron chi connectivity index (χ2n) is 8.23. The lowest BCUT2D eigenvalue weighted by Crippen LogP contribution is -2.43. The molecule has 0 fully saturated rings. The molecule has 2 amide bonds. The Morgan fingerprint density at radius 3 is 2.18 bits per heavy atom. The molecule has 1 aliphatic carbocycles. The van der Waals surface area contributed by atoms with E-state index >= 15 is 0 Å².